The van der Waals surface area contributed by atoms with E-state index in [0.717, 1.165) is 11.1 Å². The summed E-state index contributed by atoms with van der Waals surface area (Å²) < 4.78 is 4.91. The zero-order valence-electron chi connectivity index (χ0n) is 11.4. The summed E-state index contributed by atoms with van der Waals surface area (Å²) in [5.74, 6) is -0.392. The van der Waals surface area contributed by atoms with Gasteiger partial charge >= 0.3 is 5.88 Å². The molecule has 1 heterocycles. The van der Waals surface area contributed by atoms with Crippen LogP contribution in [0.5, 0.6) is 0 Å². The highest BCUT2D eigenvalue weighted by molar-refractivity contribution is 5.91. The van der Waals surface area contributed by atoms with Gasteiger partial charge in [0, 0.05) is 12.6 Å². The first-order valence-electron chi connectivity index (χ1n) is 6.30. The number of furan rings is 1. The molecule has 6 nitrogen and oxygen atoms in total. The van der Waals surface area contributed by atoms with Crippen LogP contribution >= 0.6 is 0 Å². The van der Waals surface area contributed by atoms with E-state index in [9.17, 15) is 14.9 Å². The molecule has 0 bridgehead atoms. The van der Waals surface area contributed by atoms with Crippen molar-refractivity contribution in [3.8, 4) is 0 Å². The summed E-state index contributed by atoms with van der Waals surface area (Å²) >= 11 is 0. The Bertz CT molecular complexity index is 671. The molecule has 0 aliphatic rings. The van der Waals surface area contributed by atoms with Gasteiger partial charge in [-0.15, -0.1) is 0 Å². The van der Waals surface area contributed by atoms with E-state index in [1.165, 1.54) is 24.3 Å². The lowest BCUT2D eigenvalue weighted by Crippen LogP contribution is -2.20. The zero-order valence-corrected chi connectivity index (χ0v) is 11.4. The average Bonchev–Trinajstić information content (AvgIpc) is 2.93. The van der Waals surface area contributed by atoms with Crippen LogP contribution in [0, 0.1) is 17.0 Å². The minimum atomic E-state index is -0.630. The van der Waals surface area contributed by atoms with Crippen molar-refractivity contribution >= 4 is 17.9 Å². The van der Waals surface area contributed by atoms with Gasteiger partial charge in [-0.2, -0.15) is 0 Å². The molecule has 0 unspecified atom stereocenters. The lowest BCUT2D eigenvalue weighted by atomic mass is 10.1. The highest BCUT2D eigenvalue weighted by atomic mass is 16.6. The van der Waals surface area contributed by atoms with Crippen molar-refractivity contribution in [1.29, 1.82) is 0 Å². The number of nitrogens with one attached hydrogen (secondary N) is 1. The molecule has 0 aliphatic carbocycles. The number of aryl methyl sites for hydroxylation is 1. The quantitative estimate of drug-likeness (QED) is 0.520. The molecule has 108 valence electrons. The Kier molecular flexibility index (Phi) is 4.50. The molecule has 1 N–H and O–H groups in total. The van der Waals surface area contributed by atoms with Gasteiger partial charge in [0.25, 0.3) is 0 Å². The van der Waals surface area contributed by atoms with Crippen LogP contribution in [0.25, 0.3) is 6.08 Å². The Morgan fingerprint density at radius 1 is 1.29 bits per heavy atom. The lowest BCUT2D eigenvalue weighted by Gasteiger charge is -2.02. The fraction of sp³-hybridized carbons (Fsp3) is 0.133. The van der Waals surface area contributed by atoms with E-state index >= 15 is 0 Å². The van der Waals surface area contributed by atoms with E-state index < -0.39 is 4.92 Å². The standard InChI is InChI=1S/C15H14N2O4/c1-11-2-4-12(5-3-11)10-16-14(18)8-6-13-7-9-15(21-13)17(19)20/h2-9H,10H2,1H3,(H,16,18)/b8-6+. The van der Waals surface area contributed by atoms with Gasteiger partial charge in [0.15, 0.2) is 0 Å². The maximum absolute atomic E-state index is 11.6. The topological polar surface area (TPSA) is 85.4 Å². The summed E-state index contributed by atoms with van der Waals surface area (Å²) in [5, 5.41) is 13.2. The third kappa shape index (κ3) is 4.31. The number of benzene rings is 1. The monoisotopic (exact) mass is 286 g/mol. The number of rotatable bonds is 5. The largest absolute Gasteiger partial charge is 0.433 e. The second-order valence-electron chi connectivity index (χ2n) is 4.47. The molecule has 0 spiro atoms. The molecule has 21 heavy (non-hydrogen) atoms. The Labute approximate surface area is 121 Å². The molecule has 0 saturated heterocycles. The first-order chi connectivity index (χ1) is 10.0. The van der Waals surface area contributed by atoms with Crippen LogP contribution in [0.4, 0.5) is 5.88 Å². The molecule has 2 rings (SSSR count). The van der Waals surface area contributed by atoms with Crippen LogP contribution < -0.4 is 5.32 Å². The van der Waals surface area contributed by atoms with E-state index in [1.807, 2.05) is 31.2 Å². The average molecular weight is 286 g/mol. The molecule has 0 saturated carbocycles. The first-order valence-corrected chi connectivity index (χ1v) is 6.30. The number of nitrogens with zero attached hydrogens (tertiary/aromatic N) is 1. The van der Waals surface area contributed by atoms with Gasteiger partial charge < -0.3 is 9.73 Å². The number of nitro groups is 1. The van der Waals surface area contributed by atoms with Crippen LogP contribution in [-0.4, -0.2) is 10.8 Å². The lowest BCUT2D eigenvalue weighted by molar-refractivity contribution is -0.402. The van der Waals surface area contributed by atoms with E-state index in [4.69, 9.17) is 4.42 Å². The van der Waals surface area contributed by atoms with E-state index in [2.05, 4.69) is 5.32 Å². The van der Waals surface area contributed by atoms with Gasteiger partial charge in [-0.3, -0.25) is 14.9 Å². The molecule has 1 aromatic carbocycles. The van der Waals surface area contributed by atoms with Crippen molar-refractivity contribution in [3.63, 3.8) is 0 Å². The minimum absolute atomic E-state index is 0.257. The van der Waals surface area contributed by atoms with Crippen LogP contribution in [0.1, 0.15) is 16.9 Å². The number of carbonyl (C=O) groups excluding carboxylic acids is 1. The molecule has 0 atom stereocenters. The summed E-state index contributed by atoms with van der Waals surface area (Å²) in [6.07, 6.45) is 2.66. The van der Waals surface area contributed by atoms with Crippen LogP contribution in [0.2, 0.25) is 0 Å². The van der Waals surface area contributed by atoms with Crippen molar-refractivity contribution in [1.82, 2.24) is 5.32 Å². The maximum Gasteiger partial charge on any atom is 0.433 e. The molecule has 1 amide bonds. The normalized spacial score (nSPS) is 10.7. The van der Waals surface area contributed by atoms with Gasteiger partial charge in [0.2, 0.25) is 5.91 Å². The molecule has 2 aromatic rings. The number of amides is 1. The van der Waals surface area contributed by atoms with Crippen LogP contribution in [0.3, 0.4) is 0 Å². The predicted octanol–water partition coefficient (Wildman–Crippen LogP) is 2.83. The summed E-state index contributed by atoms with van der Waals surface area (Å²) in [5.41, 5.74) is 2.15. The number of hydrogen-bond donors (Lipinski definition) is 1. The Balaban J connectivity index is 1.87. The summed E-state index contributed by atoms with van der Waals surface area (Å²) in [6.45, 7) is 2.41. The number of carbonyl (C=O) groups is 1. The van der Waals surface area contributed by atoms with Crippen molar-refractivity contribution < 1.29 is 14.1 Å². The minimum Gasteiger partial charge on any atom is -0.401 e. The molecule has 0 fully saturated rings. The Morgan fingerprint density at radius 3 is 2.62 bits per heavy atom. The van der Waals surface area contributed by atoms with Gasteiger partial charge in [-0.25, -0.2) is 0 Å². The van der Waals surface area contributed by atoms with Crippen molar-refractivity contribution in [3.05, 3.63) is 69.5 Å². The first kappa shape index (κ1) is 14.5. The van der Waals surface area contributed by atoms with Gasteiger partial charge in [0.05, 0.1) is 6.07 Å². The van der Waals surface area contributed by atoms with Crippen molar-refractivity contribution in [2.75, 3.05) is 0 Å². The molecular weight excluding hydrogens is 272 g/mol. The third-order valence-corrected chi connectivity index (χ3v) is 2.78. The Morgan fingerprint density at radius 2 is 2.00 bits per heavy atom. The summed E-state index contributed by atoms with van der Waals surface area (Å²) in [7, 11) is 0. The molecule has 0 aliphatic heterocycles. The highest BCUT2D eigenvalue weighted by Crippen LogP contribution is 2.16. The molecule has 1 aromatic heterocycles. The van der Waals surface area contributed by atoms with Gasteiger partial charge in [-0.1, -0.05) is 29.8 Å². The molecule has 6 heteroatoms. The molecular formula is C15H14N2O4. The predicted molar refractivity (Wildman–Crippen MR) is 77.4 cm³/mol. The second kappa shape index (κ2) is 6.51. The second-order valence-corrected chi connectivity index (χ2v) is 4.47. The summed E-state index contributed by atoms with van der Waals surface area (Å²) in [4.78, 5) is 21.4. The Hall–Kier alpha value is -2.89. The highest BCUT2D eigenvalue weighted by Gasteiger charge is 2.09. The van der Waals surface area contributed by atoms with Crippen LogP contribution in [0.15, 0.2) is 46.9 Å². The van der Waals surface area contributed by atoms with Gasteiger partial charge in [0.1, 0.15) is 10.7 Å². The van der Waals surface area contributed by atoms with Crippen molar-refractivity contribution in [2.45, 2.75) is 13.5 Å². The SMILES string of the molecule is Cc1ccc(CNC(=O)/C=C/c2ccc([N+](=O)[O-])o2)cc1. The fourth-order valence-corrected chi connectivity index (χ4v) is 1.64. The van der Waals surface area contributed by atoms with Crippen molar-refractivity contribution in [2.24, 2.45) is 0 Å². The van der Waals surface area contributed by atoms with E-state index in [-0.39, 0.29) is 17.6 Å². The van der Waals surface area contributed by atoms with E-state index in [0.29, 0.717) is 6.54 Å². The van der Waals surface area contributed by atoms with Crippen LogP contribution in [-0.2, 0) is 11.3 Å². The van der Waals surface area contributed by atoms with Gasteiger partial charge in [-0.05, 0) is 24.6 Å². The smallest absolute Gasteiger partial charge is 0.401 e. The molecule has 0 radical (unpaired) electrons. The zero-order chi connectivity index (χ0) is 15.2. The maximum atomic E-state index is 11.6. The number of hydrogen-bond acceptors (Lipinski definition) is 4. The third-order valence-electron chi connectivity index (χ3n) is 2.78. The summed E-state index contributed by atoms with van der Waals surface area (Å²) in [6, 6.07) is 10.5. The van der Waals surface area contributed by atoms with E-state index in [1.54, 1.807) is 0 Å². The fourth-order valence-electron chi connectivity index (χ4n) is 1.64.